The van der Waals surface area contributed by atoms with Crippen LogP contribution >= 0.6 is 0 Å². The fourth-order valence-corrected chi connectivity index (χ4v) is 6.67. The molecule has 164 valence electrons. The minimum atomic E-state index is -0.535. The third kappa shape index (κ3) is 5.44. The molecule has 0 aliphatic heterocycles. The first-order valence-electron chi connectivity index (χ1n) is 12.1. The highest BCUT2D eigenvalue weighted by atomic mass is 16.3. The lowest BCUT2D eigenvalue weighted by Crippen LogP contribution is -2.36. The molecule has 0 aromatic carbocycles. The molecule has 3 saturated carbocycles. The van der Waals surface area contributed by atoms with Gasteiger partial charge in [-0.05, 0) is 100 Å². The number of hydrogen-bond acceptors (Lipinski definition) is 2. The van der Waals surface area contributed by atoms with Crippen molar-refractivity contribution in [1.82, 2.24) is 0 Å². The second kappa shape index (κ2) is 9.10. The topological polar surface area (TPSA) is 40.5 Å². The summed E-state index contributed by atoms with van der Waals surface area (Å²) in [5.41, 5.74) is 4.02. The van der Waals surface area contributed by atoms with Crippen molar-refractivity contribution in [3.63, 3.8) is 0 Å². The van der Waals surface area contributed by atoms with Crippen LogP contribution in [0.3, 0.4) is 0 Å². The van der Waals surface area contributed by atoms with Crippen LogP contribution in [-0.4, -0.2) is 21.9 Å². The van der Waals surface area contributed by atoms with E-state index in [0.29, 0.717) is 5.41 Å². The summed E-state index contributed by atoms with van der Waals surface area (Å²) in [5, 5.41) is 20.1. The van der Waals surface area contributed by atoms with Gasteiger partial charge in [-0.3, -0.25) is 0 Å². The van der Waals surface area contributed by atoms with E-state index < -0.39 is 5.60 Å². The Balaban J connectivity index is 1.68. The monoisotopic (exact) mass is 400 g/mol. The third-order valence-corrected chi connectivity index (χ3v) is 8.36. The van der Waals surface area contributed by atoms with Gasteiger partial charge in [0.2, 0.25) is 0 Å². The molecular weight excluding hydrogens is 356 g/mol. The average molecular weight is 401 g/mol. The Labute approximate surface area is 179 Å². The first-order valence-corrected chi connectivity index (χ1v) is 12.1. The summed E-state index contributed by atoms with van der Waals surface area (Å²) in [5.74, 6) is 2.26. The Morgan fingerprint density at radius 3 is 2.69 bits per heavy atom. The fraction of sp³-hybridized carbons (Fsp3) is 0.778. The maximum atomic E-state index is 10.0. The summed E-state index contributed by atoms with van der Waals surface area (Å²) in [6.45, 7) is 13.1. The van der Waals surface area contributed by atoms with Crippen molar-refractivity contribution in [3.05, 3.63) is 35.5 Å². The SMILES string of the molecule is C=C1CC[C@H](O)CC1=CC=C1CCC[C@@]2(C)[C@@H]1CC[C@@H]2[C@H](C)CCCC(C)(C)O. The predicted octanol–water partition coefficient (Wildman–Crippen LogP) is 6.73. The largest absolute Gasteiger partial charge is 0.393 e. The number of hydrogen-bond donors (Lipinski definition) is 2. The molecule has 0 amide bonds. The van der Waals surface area contributed by atoms with E-state index in [1.54, 1.807) is 5.57 Å². The van der Waals surface area contributed by atoms with E-state index in [9.17, 15) is 10.2 Å². The second-order valence-corrected chi connectivity index (χ2v) is 11.2. The van der Waals surface area contributed by atoms with Gasteiger partial charge < -0.3 is 10.2 Å². The normalized spacial score (nSPS) is 37.2. The highest BCUT2D eigenvalue weighted by molar-refractivity contribution is 5.36. The molecule has 0 radical (unpaired) electrons. The summed E-state index contributed by atoms with van der Waals surface area (Å²) in [7, 11) is 0. The zero-order valence-electron chi connectivity index (χ0n) is 19.3. The minimum absolute atomic E-state index is 0.192. The maximum Gasteiger partial charge on any atom is 0.0591 e. The molecule has 0 aromatic rings. The summed E-state index contributed by atoms with van der Waals surface area (Å²) in [6, 6.07) is 0. The van der Waals surface area contributed by atoms with E-state index in [2.05, 4.69) is 32.6 Å². The van der Waals surface area contributed by atoms with E-state index in [1.807, 2.05) is 13.8 Å². The standard InChI is InChI=1S/C27H44O2/c1-19-10-13-23(28)18-22(19)12-11-21-9-7-17-27(5)24(14-15-25(21)27)20(2)8-6-16-26(3,4)29/h11-12,20,23-25,28-29H,1,6-10,13-18H2,2-5H3/t20-,23+,24-,25-,27-/m1/s1. The van der Waals surface area contributed by atoms with Crippen LogP contribution in [0.4, 0.5) is 0 Å². The molecule has 3 rings (SSSR count). The Bertz CT molecular complexity index is 650. The van der Waals surface area contributed by atoms with Gasteiger partial charge in [0.05, 0.1) is 11.7 Å². The molecule has 0 aromatic heterocycles. The molecule has 3 aliphatic carbocycles. The molecule has 0 saturated heterocycles. The zero-order chi connectivity index (χ0) is 21.2. The summed E-state index contributed by atoms with van der Waals surface area (Å²) >= 11 is 0. The van der Waals surface area contributed by atoms with Crippen molar-refractivity contribution in [2.24, 2.45) is 23.2 Å². The third-order valence-electron chi connectivity index (χ3n) is 8.36. The van der Waals surface area contributed by atoms with E-state index in [4.69, 9.17) is 0 Å². The molecule has 5 atom stereocenters. The number of allylic oxidation sites excluding steroid dienone is 4. The van der Waals surface area contributed by atoms with Crippen molar-refractivity contribution in [1.29, 1.82) is 0 Å². The second-order valence-electron chi connectivity index (χ2n) is 11.2. The molecule has 3 fully saturated rings. The molecule has 0 unspecified atom stereocenters. The van der Waals surface area contributed by atoms with Crippen LogP contribution in [0.25, 0.3) is 0 Å². The van der Waals surface area contributed by atoms with Crippen molar-refractivity contribution < 1.29 is 10.2 Å². The van der Waals surface area contributed by atoms with Crippen molar-refractivity contribution in [3.8, 4) is 0 Å². The molecule has 0 spiro atoms. The molecule has 0 heterocycles. The number of aliphatic hydroxyl groups is 2. The average Bonchev–Trinajstić information content (AvgIpc) is 2.99. The molecule has 2 nitrogen and oxygen atoms in total. The van der Waals surface area contributed by atoms with Gasteiger partial charge in [-0.2, -0.15) is 0 Å². The van der Waals surface area contributed by atoms with Gasteiger partial charge in [0.15, 0.2) is 0 Å². The van der Waals surface area contributed by atoms with Gasteiger partial charge in [0.1, 0.15) is 0 Å². The van der Waals surface area contributed by atoms with E-state index >= 15 is 0 Å². The Kier molecular flexibility index (Phi) is 7.16. The van der Waals surface area contributed by atoms with Gasteiger partial charge >= 0.3 is 0 Å². The molecule has 3 aliphatic rings. The van der Waals surface area contributed by atoms with E-state index in [-0.39, 0.29) is 6.10 Å². The fourth-order valence-electron chi connectivity index (χ4n) is 6.67. The first-order chi connectivity index (χ1) is 13.6. The predicted molar refractivity (Wildman–Crippen MR) is 123 cm³/mol. The lowest BCUT2D eigenvalue weighted by atomic mass is 9.60. The highest BCUT2D eigenvalue weighted by Crippen LogP contribution is 2.60. The van der Waals surface area contributed by atoms with E-state index in [1.165, 1.54) is 49.7 Å². The molecule has 2 N–H and O–H groups in total. The number of rotatable bonds is 6. The molecular formula is C27H44O2. The maximum absolute atomic E-state index is 10.0. The summed E-state index contributed by atoms with van der Waals surface area (Å²) in [4.78, 5) is 0. The molecule has 2 heteroatoms. The van der Waals surface area contributed by atoms with Crippen LogP contribution in [0, 0.1) is 23.2 Å². The smallest absolute Gasteiger partial charge is 0.0591 e. The Morgan fingerprint density at radius 1 is 1.21 bits per heavy atom. The summed E-state index contributed by atoms with van der Waals surface area (Å²) < 4.78 is 0. The minimum Gasteiger partial charge on any atom is -0.393 e. The van der Waals surface area contributed by atoms with Gasteiger partial charge in [-0.1, -0.05) is 56.6 Å². The van der Waals surface area contributed by atoms with Crippen molar-refractivity contribution in [2.75, 3.05) is 0 Å². The first kappa shape index (κ1) is 22.8. The number of aliphatic hydroxyl groups excluding tert-OH is 1. The van der Waals surface area contributed by atoms with E-state index in [0.717, 1.165) is 49.9 Å². The van der Waals surface area contributed by atoms with Crippen LogP contribution < -0.4 is 0 Å². The zero-order valence-corrected chi connectivity index (χ0v) is 19.3. The highest BCUT2D eigenvalue weighted by Gasteiger charge is 2.50. The lowest BCUT2D eigenvalue weighted by molar-refractivity contribution is 0.0596. The molecule has 29 heavy (non-hydrogen) atoms. The van der Waals surface area contributed by atoms with Crippen LogP contribution in [0.2, 0.25) is 0 Å². The van der Waals surface area contributed by atoms with Gasteiger partial charge in [-0.15, -0.1) is 0 Å². The van der Waals surface area contributed by atoms with Crippen LogP contribution in [0.1, 0.15) is 98.3 Å². The van der Waals surface area contributed by atoms with Crippen molar-refractivity contribution in [2.45, 2.75) is 110 Å². The quantitative estimate of drug-likeness (QED) is 0.518. The van der Waals surface area contributed by atoms with Gasteiger partial charge in [-0.25, -0.2) is 0 Å². The molecule has 0 bridgehead atoms. The van der Waals surface area contributed by atoms with Crippen molar-refractivity contribution >= 4 is 0 Å². The van der Waals surface area contributed by atoms with Gasteiger partial charge in [0, 0.05) is 0 Å². The summed E-state index contributed by atoms with van der Waals surface area (Å²) in [6.07, 6.45) is 16.9. The Morgan fingerprint density at radius 2 is 1.97 bits per heavy atom. The van der Waals surface area contributed by atoms with Crippen LogP contribution in [-0.2, 0) is 0 Å². The van der Waals surface area contributed by atoms with Gasteiger partial charge in [0.25, 0.3) is 0 Å². The van der Waals surface area contributed by atoms with Crippen LogP contribution in [0.15, 0.2) is 35.5 Å². The Hall–Kier alpha value is -0.860. The van der Waals surface area contributed by atoms with Crippen LogP contribution in [0.5, 0.6) is 0 Å². The number of fused-ring (bicyclic) bond motifs is 1. The lowest BCUT2D eigenvalue weighted by Gasteiger charge is -2.44.